The van der Waals surface area contributed by atoms with E-state index >= 15 is 0 Å². The van der Waals surface area contributed by atoms with E-state index in [9.17, 15) is 13.2 Å². The van der Waals surface area contributed by atoms with Crippen molar-refractivity contribution in [1.29, 1.82) is 0 Å². The molecule has 0 bridgehead atoms. The molecule has 0 saturated heterocycles. The number of benzene rings is 2. The molecular weight excluding hydrogens is 343 g/mol. The molecule has 0 atom stereocenters. The minimum atomic E-state index is -4.31. The Morgan fingerprint density at radius 1 is 0.800 bits per heavy atom. The Kier molecular flexibility index (Phi) is 5.24. The van der Waals surface area contributed by atoms with Crippen molar-refractivity contribution in [2.75, 3.05) is 0 Å². The molecule has 25 heavy (non-hydrogen) atoms. The second-order valence-corrected chi connectivity index (χ2v) is 6.39. The first-order valence-electron chi connectivity index (χ1n) is 7.55. The van der Waals surface area contributed by atoms with Crippen molar-refractivity contribution < 1.29 is 13.2 Å². The Morgan fingerprint density at radius 3 is 2.24 bits per heavy atom. The maximum atomic E-state index is 12.6. The van der Waals surface area contributed by atoms with Crippen LogP contribution in [0.2, 0.25) is 0 Å². The molecule has 126 valence electrons. The van der Waals surface area contributed by atoms with Crippen molar-refractivity contribution in [3.05, 3.63) is 89.6 Å². The van der Waals surface area contributed by atoms with Gasteiger partial charge in [-0.1, -0.05) is 54.2 Å². The molecule has 0 N–H and O–H groups in total. The van der Waals surface area contributed by atoms with E-state index in [-0.39, 0.29) is 0 Å². The van der Waals surface area contributed by atoms with E-state index in [1.165, 1.54) is 12.1 Å². The molecule has 1 nitrogen and oxygen atoms in total. The molecule has 0 aliphatic carbocycles. The first-order chi connectivity index (χ1) is 12.0. The molecule has 2 aromatic carbocycles. The molecule has 0 spiro atoms. The summed E-state index contributed by atoms with van der Waals surface area (Å²) in [6.45, 7) is 0. The van der Waals surface area contributed by atoms with Gasteiger partial charge in [0.1, 0.15) is 5.03 Å². The van der Waals surface area contributed by atoms with Gasteiger partial charge in [-0.3, -0.25) is 0 Å². The molecule has 5 heteroatoms. The fraction of sp³-hybridized carbons (Fsp3) is 0.0500. The Hall–Kier alpha value is -2.53. The SMILES string of the molecule is FC(F)(F)c1ccc(/C=C/c2cccc(Sc3ccccn3)c2)cc1. The summed E-state index contributed by atoms with van der Waals surface area (Å²) in [6, 6.07) is 18.7. The lowest BCUT2D eigenvalue weighted by atomic mass is 10.1. The molecule has 0 unspecified atom stereocenters. The quantitative estimate of drug-likeness (QED) is 0.500. The lowest BCUT2D eigenvalue weighted by molar-refractivity contribution is -0.137. The fourth-order valence-corrected chi connectivity index (χ4v) is 3.03. The summed E-state index contributed by atoms with van der Waals surface area (Å²) in [7, 11) is 0. The molecule has 0 saturated carbocycles. The minimum Gasteiger partial charge on any atom is -0.250 e. The number of nitrogens with zero attached hydrogens (tertiary/aromatic N) is 1. The lowest BCUT2D eigenvalue weighted by Crippen LogP contribution is -2.03. The largest absolute Gasteiger partial charge is 0.416 e. The summed E-state index contributed by atoms with van der Waals surface area (Å²) in [5, 5.41) is 0.909. The number of halogens is 3. The number of hydrogen-bond acceptors (Lipinski definition) is 2. The summed E-state index contributed by atoms with van der Waals surface area (Å²) in [5.41, 5.74) is 1.05. The Balaban J connectivity index is 1.72. The van der Waals surface area contributed by atoms with Crippen LogP contribution >= 0.6 is 11.8 Å². The van der Waals surface area contributed by atoms with Crippen molar-refractivity contribution in [1.82, 2.24) is 4.98 Å². The topological polar surface area (TPSA) is 12.9 Å². The lowest BCUT2D eigenvalue weighted by Gasteiger charge is -2.06. The van der Waals surface area contributed by atoms with Crippen molar-refractivity contribution in [2.45, 2.75) is 16.1 Å². The second-order valence-electron chi connectivity index (χ2n) is 5.30. The summed E-state index contributed by atoms with van der Waals surface area (Å²) in [5.74, 6) is 0. The van der Waals surface area contributed by atoms with Gasteiger partial charge in [-0.2, -0.15) is 13.2 Å². The monoisotopic (exact) mass is 357 g/mol. The van der Waals surface area contributed by atoms with Crippen LogP contribution in [0, 0.1) is 0 Å². The predicted octanol–water partition coefficient (Wildman–Crippen LogP) is 6.42. The van der Waals surface area contributed by atoms with Gasteiger partial charge < -0.3 is 0 Å². The number of hydrogen-bond donors (Lipinski definition) is 0. The summed E-state index contributed by atoms with van der Waals surface area (Å²) < 4.78 is 37.7. The normalized spacial score (nSPS) is 11.8. The van der Waals surface area contributed by atoms with Crippen LogP contribution in [0.5, 0.6) is 0 Å². The molecule has 0 radical (unpaired) electrons. The molecule has 3 rings (SSSR count). The molecule has 0 aliphatic rings. The zero-order valence-electron chi connectivity index (χ0n) is 13.1. The van der Waals surface area contributed by atoms with Gasteiger partial charge >= 0.3 is 6.18 Å². The Morgan fingerprint density at radius 2 is 1.56 bits per heavy atom. The van der Waals surface area contributed by atoms with Crippen LogP contribution in [0.3, 0.4) is 0 Å². The first-order valence-corrected chi connectivity index (χ1v) is 8.37. The third-order valence-electron chi connectivity index (χ3n) is 3.42. The van der Waals surface area contributed by atoms with Gasteiger partial charge in [0.2, 0.25) is 0 Å². The molecule has 3 aromatic rings. The minimum absolute atomic E-state index is 0.640. The van der Waals surface area contributed by atoms with Crippen molar-refractivity contribution >= 4 is 23.9 Å². The highest BCUT2D eigenvalue weighted by atomic mass is 32.2. The highest BCUT2D eigenvalue weighted by Gasteiger charge is 2.29. The molecule has 1 heterocycles. The van der Waals surface area contributed by atoms with Crippen LogP contribution in [-0.2, 0) is 6.18 Å². The van der Waals surface area contributed by atoms with Crippen LogP contribution in [0.15, 0.2) is 82.8 Å². The van der Waals surface area contributed by atoms with E-state index in [1.54, 1.807) is 24.0 Å². The smallest absolute Gasteiger partial charge is 0.250 e. The highest BCUT2D eigenvalue weighted by Crippen LogP contribution is 2.29. The van der Waals surface area contributed by atoms with Crippen molar-refractivity contribution in [3.8, 4) is 0 Å². The van der Waals surface area contributed by atoms with E-state index in [1.807, 2.05) is 48.5 Å². The second kappa shape index (κ2) is 7.57. The average Bonchev–Trinajstić information content (AvgIpc) is 2.61. The predicted molar refractivity (Wildman–Crippen MR) is 95.2 cm³/mol. The van der Waals surface area contributed by atoms with E-state index in [4.69, 9.17) is 0 Å². The fourth-order valence-electron chi connectivity index (χ4n) is 2.19. The maximum Gasteiger partial charge on any atom is 0.416 e. The van der Waals surface area contributed by atoms with E-state index in [0.29, 0.717) is 0 Å². The first kappa shape index (κ1) is 17.3. The number of pyridine rings is 1. The van der Waals surface area contributed by atoms with Gasteiger partial charge in [-0.15, -0.1) is 0 Å². The Bertz CT molecular complexity index is 856. The zero-order chi connectivity index (χ0) is 17.7. The van der Waals surface area contributed by atoms with Gasteiger partial charge in [-0.05, 0) is 47.5 Å². The third-order valence-corrected chi connectivity index (χ3v) is 4.36. The number of alkyl halides is 3. The molecular formula is C20H14F3NS. The van der Waals surface area contributed by atoms with Gasteiger partial charge in [0.15, 0.2) is 0 Å². The van der Waals surface area contributed by atoms with E-state index in [0.717, 1.165) is 33.2 Å². The van der Waals surface area contributed by atoms with E-state index in [2.05, 4.69) is 4.98 Å². The van der Waals surface area contributed by atoms with Crippen molar-refractivity contribution in [2.24, 2.45) is 0 Å². The number of aromatic nitrogens is 1. The maximum absolute atomic E-state index is 12.6. The van der Waals surface area contributed by atoms with Crippen molar-refractivity contribution in [3.63, 3.8) is 0 Å². The van der Waals surface area contributed by atoms with Crippen LogP contribution in [0.1, 0.15) is 16.7 Å². The van der Waals surface area contributed by atoms with Crippen LogP contribution in [0.4, 0.5) is 13.2 Å². The average molecular weight is 357 g/mol. The van der Waals surface area contributed by atoms with Crippen LogP contribution < -0.4 is 0 Å². The third kappa shape index (κ3) is 4.97. The Labute approximate surface area is 148 Å². The number of rotatable bonds is 4. The van der Waals surface area contributed by atoms with Gasteiger partial charge in [0.05, 0.1) is 5.56 Å². The van der Waals surface area contributed by atoms with Gasteiger partial charge in [0, 0.05) is 11.1 Å². The zero-order valence-corrected chi connectivity index (χ0v) is 13.9. The molecule has 1 aromatic heterocycles. The van der Waals surface area contributed by atoms with Gasteiger partial charge in [0.25, 0.3) is 0 Å². The molecule has 0 fully saturated rings. The summed E-state index contributed by atoms with van der Waals surface area (Å²) in [4.78, 5) is 5.33. The standard InChI is InChI=1S/C20H14F3NS/c21-20(22,23)17-11-9-15(10-12-17)7-8-16-4-3-5-18(14-16)25-19-6-1-2-13-24-19/h1-14H/b8-7+. The highest BCUT2D eigenvalue weighted by molar-refractivity contribution is 7.99. The molecule has 0 amide bonds. The summed E-state index contributed by atoms with van der Waals surface area (Å²) >= 11 is 1.56. The summed E-state index contributed by atoms with van der Waals surface area (Å²) in [6.07, 6.45) is 1.12. The van der Waals surface area contributed by atoms with Gasteiger partial charge in [-0.25, -0.2) is 4.98 Å². The van der Waals surface area contributed by atoms with Crippen LogP contribution in [-0.4, -0.2) is 4.98 Å². The van der Waals surface area contributed by atoms with Crippen LogP contribution in [0.25, 0.3) is 12.2 Å². The molecule has 0 aliphatic heterocycles. The van der Waals surface area contributed by atoms with E-state index < -0.39 is 11.7 Å².